The van der Waals surface area contributed by atoms with E-state index in [2.05, 4.69) is 44.4 Å². The van der Waals surface area contributed by atoms with Gasteiger partial charge < -0.3 is 24.3 Å². The van der Waals surface area contributed by atoms with E-state index in [1.165, 1.54) is 38.9 Å². The van der Waals surface area contributed by atoms with Crippen molar-refractivity contribution >= 4 is 29.0 Å². The molecular weight excluding hydrogens is 514 g/mol. The number of hydrogen-bond acceptors (Lipinski definition) is 8. The second-order valence-corrected chi connectivity index (χ2v) is 10.2. The number of anilines is 2. The third-order valence-corrected chi connectivity index (χ3v) is 7.59. The van der Waals surface area contributed by atoms with Crippen LogP contribution in [0.4, 0.5) is 11.5 Å². The van der Waals surface area contributed by atoms with Crippen molar-refractivity contribution in [1.82, 2.24) is 19.8 Å². The van der Waals surface area contributed by atoms with Gasteiger partial charge in [0.25, 0.3) is 0 Å². The fraction of sp³-hybridized carbons (Fsp3) is 0.517. The molecule has 1 aromatic carbocycles. The van der Waals surface area contributed by atoms with Crippen molar-refractivity contribution in [3.05, 3.63) is 52.7 Å². The average Bonchev–Trinajstić information content (AvgIpc) is 3.44. The van der Waals surface area contributed by atoms with Crippen LogP contribution in [0.3, 0.4) is 0 Å². The van der Waals surface area contributed by atoms with Gasteiger partial charge in [-0.25, -0.2) is 0 Å². The first-order chi connectivity index (χ1) is 18.8. The van der Waals surface area contributed by atoms with E-state index in [9.17, 15) is 4.79 Å². The summed E-state index contributed by atoms with van der Waals surface area (Å²) in [5.41, 5.74) is 4.35. The summed E-state index contributed by atoms with van der Waals surface area (Å²) in [6.07, 6.45) is 5.04. The molecule has 2 fully saturated rings. The summed E-state index contributed by atoms with van der Waals surface area (Å²) in [5, 5.41) is 8.09. The molecule has 3 aliphatic rings. The quantitative estimate of drug-likeness (QED) is 0.523. The number of rotatable bonds is 4. The largest absolute Gasteiger partial charge is 0.467 e. The summed E-state index contributed by atoms with van der Waals surface area (Å²) >= 11 is 6.34. The number of methoxy groups -OCH3 is 1. The Labute approximate surface area is 237 Å². The molecule has 4 heterocycles. The molecule has 5 rings (SSSR count). The lowest BCUT2D eigenvalue weighted by Crippen LogP contribution is -2.49. The summed E-state index contributed by atoms with van der Waals surface area (Å²) in [7, 11) is 3.76. The molecule has 0 spiro atoms. The first-order valence-corrected chi connectivity index (χ1v) is 13.8. The molecule has 0 bridgehead atoms. The molecule has 1 aromatic heterocycles. The van der Waals surface area contributed by atoms with E-state index in [-0.39, 0.29) is 5.91 Å². The minimum atomic E-state index is -0.0236. The Morgan fingerprint density at radius 3 is 2.33 bits per heavy atom. The third kappa shape index (κ3) is 7.84. The number of ether oxygens (including phenoxy) is 1. The first-order valence-electron chi connectivity index (χ1n) is 13.4. The van der Waals surface area contributed by atoms with Crippen LogP contribution < -0.4 is 14.5 Å². The molecule has 2 saturated heterocycles. The number of nitriles is 1. The molecule has 3 aliphatic heterocycles. The van der Waals surface area contributed by atoms with Crippen LogP contribution in [0.1, 0.15) is 36.6 Å². The van der Waals surface area contributed by atoms with Gasteiger partial charge in [-0.3, -0.25) is 4.79 Å². The molecule has 210 valence electrons. The Morgan fingerprint density at radius 1 is 1.10 bits per heavy atom. The van der Waals surface area contributed by atoms with Gasteiger partial charge in [0.05, 0.1) is 25.4 Å². The minimum absolute atomic E-state index is 0.0236. The lowest BCUT2D eigenvalue weighted by molar-refractivity contribution is -0.126. The molecule has 1 amide bonds. The predicted octanol–water partition coefficient (Wildman–Crippen LogP) is 4.09. The molecule has 10 heteroatoms. The highest BCUT2D eigenvalue weighted by Gasteiger charge is 2.28. The normalized spacial score (nSPS) is 16.7. The second-order valence-electron chi connectivity index (χ2n) is 9.77. The zero-order valence-electron chi connectivity index (χ0n) is 23.6. The van der Waals surface area contributed by atoms with Crippen molar-refractivity contribution in [2.75, 3.05) is 69.8 Å². The summed E-state index contributed by atoms with van der Waals surface area (Å²) in [6.45, 7) is 14.0. The topological polar surface area (TPSA) is 88.8 Å². The first kappa shape index (κ1) is 30.2. The average molecular weight is 554 g/mol. The maximum Gasteiger partial charge on any atom is 0.318 e. The highest BCUT2D eigenvalue weighted by Crippen LogP contribution is 2.34. The number of aromatic nitrogens is 2. The summed E-state index contributed by atoms with van der Waals surface area (Å²) in [4.78, 5) is 29.9. The lowest BCUT2D eigenvalue weighted by Gasteiger charge is -2.38. The molecule has 2 aromatic rings. The summed E-state index contributed by atoms with van der Waals surface area (Å²) in [5.74, 6) is 0.898. The Bertz CT molecular complexity index is 1170. The van der Waals surface area contributed by atoms with Gasteiger partial charge in [0.2, 0.25) is 5.91 Å². The Kier molecular flexibility index (Phi) is 11.4. The smallest absolute Gasteiger partial charge is 0.318 e. The number of nitrogens with zero attached hydrogens (tertiary/aromatic N) is 7. The van der Waals surface area contributed by atoms with E-state index >= 15 is 0 Å². The minimum Gasteiger partial charge on any atom is -0.467 e. The maximum atomic E-state index is 11.9. The van der Waals surface area contributed by atoms with Gasteiger partial charge in [0.1, 0.15) is 5.82 Å². The van der Waals surface area contributed by atoms with Crippen LogP contribution in [0.25, 0.3) is 0 Å². The van der Waals surface area contributed by atoms with Gasteiger partial charge in [-0.1, -0.05) is 24.2 Å². The van der Waals surface area contributed by atoms with Crippen molar-refractivity contribution in [1.29, 1.82) is 5.26 Å². The zero-order chi connectivity index (χ0) is 28.4. The zero-order valence-corrected chi connectivity index (χ0v) is 24.4. The number of piperazine rings is 1. The number of fused-ring (bicyclic) bond motifs is 1. The molecule has 0 aliphatic carbocycles. The van der Waals surface area contributed by atoms with Gasteiger partial charge in [0.15, 0.2) is 0 Å². The van der Waals surface area contributed by atoms with Gasteiger partial charge in [-0.2, -0.15) is 15.2 Å². The standard InChI is InChI=1S/C22H26ClN5O2.C5H11N.C2H3N/c1-4-20(29)26-10-12-27(13-11-26)21-16-8-9-28(14-18(16)24-22(25-21)30-3)19-7-5-6-17(23)15(19)2;1-6-4-2-3-5-6;1-2-3/h4-7H,1,8-14H2,2-3H3;2-5H2,1H3;1H3. The molecule has 0 atom stereocenters. The molecule has 0 N–H and O–H groups in total. The molecule has 39 heavy (non-hydrogen) atoms. The number of amides is 1. The fourth-order valence-electron chi connectivity index (χ4n) is 5.03. The summed E-state index contributed by atoms with van der Waals surface area (Å²) < 4.78 is 5.41. The van der Waals surface area contributed by atoms with Crippen molar-refractivity contribution in [3.8, 4) is 12.1 Å². The molecule has 0 saturated carbocycles. The number of likely N-dealkylation sites (tertiary alicyclic amines) is 1. The number of benzene rings is 1. The van der Waals surface area contributed by atoms with Crippen LogP contribution in [-0.4, -0.2) is 85.6 Å². The molecule has 0 radical (unpaired) electrons. The van der Waals surface area contributed by atoms with Crippen LogP contribution in [0.2, 0.25) is 5.02 Å². The number of carbonyl (C=O) groups is 1. The van der Waals surface area contributed by atoms with Crippen molar-refractivity contribution < 1.29 is 9.53 Å². The molecular formula is C29H40ClN7O2. The van der Waals surface area contributed by atoms with Crippen molar-refractivity contribution in [2.45, 2.75) is 39.7 Å². The van der Waals surface area contributed by atoms with E-state index in [1.54, 1.807) is 13.2 Å². The third-order valence-electron chi connectivity index (χ3n) is 7.18. The second kappa shape index (κ2) is 14.7. The summed E-state index contributed by atoms with van der Waals surface area (Å²) in [6, 6.07) is 8.12. The molecule has 0 unspecified atom stereocenters. The van der Waals surface area contributed by atoms with Gasteiger partial charge in [-0.05, 0) is 70.1 Å². The SMILES string of the molecule is C=CC(=O)N1CCN(c2nc(OC)nc3c2CCN(c2cccc(Cl)c2C)C3)CC1.CC#N.CN1CCCC1. The number of hydrogen-bond donors (Lipinski definition) is 0. The lowest BCUT2D eigenvalue weighted by atomic mass is 10.0. The van der Waals surface area contributed by atoms with E-state index < -0.39 is 0 Å². The van der Waals surface area contributed by atoms with Gasteiger partial charge >= 0.3 is 6.01 Å². The van der Waals surface area contributed by atoms with Crippen molar-refractivity contribution in [3.63, 3.8) is 0 Å². The highest BCUT2D eigenvalue weighted by molar-refractivity contribution is 6.31. The molecule has 9 nitrogen and oxygen atoms in total. The van der Waals surface area contributed by atoms with Crippen LogP contribution in [0.5, 0.6) is 6.01 Å². The van der Waals surface area contributed by atoms with E-state index in [1.807, 2.05) is 24.0 Å². The van der Waals surface area contributed by atoms with Crippen molar-refractivity contribution in [2.24, 2.45) is 0 Å². The Hall–Kier alpha value is -3.35. The number of carbonyl (C=O) groups excluding carboxylic acids is 1. The van der Waals surface area contributed by atoms with E-state index in [0.717, 1.165) is 59.4 Å². The number of halogens is 1. The van der Waals surface area contributed by atoms with Crippen LogP contribution in [0.15, 0.2) is 30.9 Å². The Morgan fingerprint density at radius 2 is 1.77 bits per heavy atom. The maximum absolute atomic E-state index is 11.9. The van der Waals surface area contributed by atoms with Crippen LogP contribution >= 0.6 is 11.6 Å². The fourth-order valence-corrected chi connectivity index (χ4v) is 5.20. The van der Waals surface area contributed by atoms with E-state index in [0.29, 0.717) is 25.6 Å². The van der Waals surface area contributed by atoms with Gasteiger partial charge in [0, 0.05) is 55.9 Å². The van der Waals surface area contributed by atoms with Crippen LogP contribution in [0, 0.1) is 18.3 Å². The van der Waals surface area contributed by atoms with E-state index in [4.69, 9.17) is 21.6 Å². The highest BCUT2D eigenvalue weighted by atomic mass is 35.5. The Balaban J connectivity index is 0.000000400. The predicted molar refractivity (Wildman–Crippen MR) is 157 cm³/mol. The monoisotopic (exact) mass is 553 g/mol. The van der Waals surface area contributed by atoms with Gasteiger partial charge in [-0.15, -0.1) is 0 Å². The van der Waals surface area contributed by atoms with Crippen LogP contribution in [-0.2, 0) is 17.8 Å².